The average molecular weight is 273 g/mol. The van der Waals surface area contributed by atoms with Gasteiger partial charge in [0.25, 0.3) is 0 Å². The Morgan fingerprint density at radius 2 is 2.00 bits per heavy atom. The number of hydrogen-bond donors (Lipinski definition) is 0. The molecular weight excluding hydrogens is 254 g/mol. The predicted molar refractivity (Wildman–Crippen MR) is 76.4 cm³/mol. The van der Waals surface area contributed by atoms with E-state index in [1.807, 2.05) is 24.3 Å². The second kappa shape index (κ2) is 7.43. The zero-order valence-corrected chi connectivity index (χ0v) is 11.7. The van der Waals surface area contributed by atoms with E-state index in [-0.39, 0.29) is 0 Å². The van der Waals surface area contributed by atoms with E-state index in [0.29, 0.717) is 5.69 Å². The quantitative estimate of drug-likeness (QED) is 0.548. The number of carbonyl (C=O) groups is 1. The lowest BCUT2D eigenvalue weighted by molar-refractivity contribution is 0.111. The average Bonchev–Trinajstić information content (AvgIpc) is 2.96. The van der Waals surface area contributed by atoms with Crippen LogP contribution >= 0.6 is 0 Å². The van der Waals surface area contributed by atoms with Crippen LogP contribution in [0.3, 0.4) is 0 Å². The van der Waals surface area contributed by atoms with Crippen LogP contribution in [-0.2, 0) is 0 Å². The maximum absolute atomic E-state index is 10.8. The van der Waals surface area contributed by atoms with Crippen LogP contribution in [0.2, 0.25) is 0 Å². The highest BCUT2D eigenvalue weighted by molar-refractivity contribution is 5.72. The second-order valence-corrected chi connectivity index (χ2v) is 4.59. The van der Waals surface area contributed by atoms with Crippen molar-refractivity contribution in [1.82, 2.24) is 15.0 Å². The van der Waals surface area contributed by atoms with Gasteiger partial charge in [-0.25, -0.2) is 4.68 Å². The van der Waals surface area contributed by atoms with Crippen molar-refractivity contribution in [3.05, 3.63) is 36.2 Å². The second-order valence-electron chi connectivity index (χ2n) is 4.59. The van der Waals surface area contributed by atoms with Gasteiger partial charge in [0.05, 0.1) is 18.5 Å². The third kappa shape index (κ3) is 3.66. The first-order chi connectivity index (χ1) is 9.85. The van der Waals surface area contributed by atoms with E-state index in [4.69, 9.17) is 4.74 Å². The summed E-state index contributed by atoms with van der Waals surface area (Å²) < 4.78 is 7.16. The van der Waals surface area contributed by atoms with Gasteiger partial charge in [-0.3, -0.25) is 4.79 Å². The molecule has 1 aromatic heterocycles. The Bertz CT molecular complexity index is 534. The summed E-state index contributed by atoms with van der Waals surface area (Å²) in [4.78, 5) is 10.8. The number of aldehydes is 1. The Kier molecular flexibility index (Phi) is 5.29. The van der Waals surface area contributed by atoms with E-state index in [1.54, 1.807) is 0 Å². The summed E-state index contributed by atoms with van der Waals surface area (Å²) in [5.41, 5.74) is 1.22. The summed E-state index contributed by atoms with van der Waals surface area (Å²) in [6.07, 6.45) is 6.93. The Hall–Kier alpha value is -2.17. The minimum Gasteiger partial charge on any atom is -0.494 e. The molecule has 0 amide bonds. The van der Waals surface area contributed by atoms with E-state index in [9.17, 15) is 4.79 Å². The number of ether oxygens (including phenoxy) is 1. The molecule has 0 radical (unpaired) electrons. The fourth-order valence-corrected chi connectivity index (χ4v) is 1.93. The standard InChI is InChI=1S/C15H19N3O2/c1-2-3-4-5-10-20-15-8-6-13(7-9-15)18-14(12-19)11-16-17-18/h6-9,11-12H,2-5,10H2,1H3. The molecule has 1 heterocycles. The monoisotopic (exact) mass is 273 g/mol. The van der Waals surface area contributed by atoms with Crippen LogP contribution in [0.5, 0.6) is 5.75 Å². The molecule has 0 fully saturated rings. The first-order valence-electron chi connectivity index (χ1n) is 6.94. The summed E-state index contributed by atoms with van der Waals surface area (Å²) in [7, 11) is 0. The lowest BCUT2D eigenvalue weighted by Gasteiger charge is -2.07. The van der Waals surface area contributed by atoms with Crippen molar-refractivity contribution >= 4 is 6.29 Å². The molecule has 0 atom stereocenters. The molecule has 0 aliphatic heterocycles. The van der Waals surface area contributed by atoms with Crippen molar-refractivity contribution in [2.75, 3.05) is 6.61 Å². The van der Waals surface area contributed by atoms with Crippen molar-refractivity contribution in [2.24, 2.45) is 0 Å². The van der Waals surface area contributed by atoms with Crippen molar-refractivity contribution in [3.8, 4) is 11.4 Å². The highest BCUT2D eigenvalue weighted by atomic mass is 16.5. The van der Waals surface area contributed by atoms with E-state index in [2.05, 4.69) is 17.2 Å². The van der Waals surface area contributed by atoms with Gasteiger partial charge in [-0.2, -0.15) is 0 Å². The van der Waals surface area contributed by atoms with Gasteiger partial charge in [0.15, 0.2) is 6.29 Å². The molecule has 0 unspecified atom stereocenters. The highest BCUT2D eigenvalue weighted by Gasteiger charge is 2.05. The fraction of sp³-hybridized carbons (Fsp3) is 0.400. The summed E-state index contributed by atoms with van der Waals surface area (Å²) in [5, 5.41) is 7.60. The molecule has 5 heteroatoms. The molecular formula is C15H19N3O2. The van der Waals surface area contributed by atoms with Gasteiger partial charge in [-0.1, -0.05) is 31.4 Å². The van der Waals surface area contributed by atoms with Crippen LogP contribution in [0.4, 0.5) is 0 Å². The van der Waals surface area contributed by atoms with Crippen LogP contribution in [-0.4, -0.2) is 27.9 Å². The van der Waals surface area contributed by atoms with Gasteiger partial charge in [0.1, 0.15) is 11.4 Å². The summed E-state index contributed by atoms with van der Waals surface area (Å²) >= 11 is 0. The van der Waals surface area contributed by atoms with E-state index >= 15 is 0 Å². The molecule has 0 N–H and O–H groups in total. The number of nitrogens with zero attached hydrogens (tertiary/aromatic N) is 3. The first-order valence-corrected chi connectivity index (χ1v) is 6.94. The number of aromatic nitrogens is 3. The molecule has 0 saturated heterocycles. The van der Waals surface area contributed by atoms with Gasteiger partial charge in [-0.05, 0) is 30.7 Å². The predicted octanol–water partition coefficient (Wildman–Crippen LogP) is 3.04. The Morgan fingerprint density at radius 3 is 2.70 bits per heavy atom. The van der Waals surface area contributed by atoms with Gasteiger partial charge in [0.2, 0.25) is 0 Å². The molecule has 0 aliphatic carbocycles. The van der Waals surface area contributed by atoms with Gasteiger partial charge in [-0.15, -0.1) is 5.10 Å². The lowest BCUT2D eigenvalue weighted by Crippen LogP contribution is -2.02. The molecule has 2 aromatic rings. The minimum atomic E-state index is 0.429. The molecule has 0 spiro atoms. The van der Waals surface area contributed by atoms with Crippen molar-refractivity contribution < 1.29 is 9.53 Å². The maximum atomic E-state index is 10.8. The van der Waals surface area contributed by atoms with Crippen molar-refractivity contribution in [1.29, 1.82) is 0 Å². The van der Waals surface area contributed by atoms with Crippen molar-refractivity contribution in [2.45, 2.75) is 32.6 Å². The molecule has 2 rings (SSSR count). The number of carbonyl (C=O) groups excluding carboxylic acids is 1. The zero-order valence-electron chi connectivity index (χ0n) is 11.7. The normalized spacial score (nSPS) is 10.4. The molecule has 0 bridgehead atoms. The molecule has 0 aliphatic rings. The largest absolute Gasteiger partial charge is 0.494 e. The third-order valence-electron chi connectivity index (χ3n) is 3.04. The fourth-order valence-electron chi connectivity index (χ4n) is 1.93. The number of unbranched alkanes of at least 4 members (excludes halogenated alkanes) is 3. The van der Waals surface area contributed by atoms with Gasteiger partial charge < -0.3 is 4.74 Å². The van der Waals surface area contributed by atoms with Gasteiger partial charge in [0, 0.05) is 0 Å². The summed E-state index contributed by atoms with van der Waals surface area (Å²) in [5.74, 6) is 0.831. The number of rotatable bonds is 8. The zero-order chi connectivity index (χ0) is 14.2. The number of hydrogen-bond acceptors (Lipinski definition) is 4. The van der Waals surface area contributed by atoms with Crippen molar-refractivity contribution in [3.63, 3.8) is 0 Å². The SMILES string of the molecule is CCCCCCOc1ccc(-n2nncc2C=O)cc1. The van der Waals surface area contributed by atoms with E-state index in [0.717, 1.165) is 30.8 Å². The molecule has 20 heavy (non-hydrogen) atoms. The van der Waals surface area contributed by atoms with Crippen LogP contribution in [0.25, 0.3) is 5.69 Å². The molecule has 5 nitrogen and oxygen atoms in total. The molecule has 1 aromatic carbocycles. The number of benzene rings is 1. The minimum absolute atomic E-state index is 0.429. The smallest absolute Gasteiger partial charge is 0.170 e. The summed E-state index contributed by atoms with van der Waals surface area (Å²) in [6.45, 7) is 2.93. The third-order valence-corrected chi connectivity index (χ3v) is 3.04. The Labute approximate surface area is 118 Å². The van der Waals surface area contributed by atoms with Crippen LogP contribution < -0.4 is 4.74 Å². The van der Waals surface area contributed by atoms with E-state index in [1.165, 1.54) is 30.1 Å². The van der Waals surface area contributed by atoms with E-state index < -0.39 is 0 Å². The summed E-state index contributed by atoms with van der Waals surface area (Å²) in [6, 6.07) is 7.49. The van der Waals surface area contributed by atoms with Gasteiger partial charge >= 0.3 is 0 Å². The van der Waals surface area contributed by atoms with Crippen LogP contribution in [0.15, 0.2) is 30.5 Å². The Balaban J connectivity index is 1.91. The molecule has 0 saturated carbocycles. The van der Waals surface area contributed by atoms with Crippen LogP contribution in [0, 0.1) is 0 Å². The topological polar surface area (TPSA) is 57.0 Å². The molecule has 106 valence electrons. The highest BCUT2D eigenvalue weighted by Crippen LogP contribution is 2.16. The first kappa shape index (κ1) is 14.2. The lowest BCUT2D eigenvalue weighted by atomic mass is 10.2. The Morgan fingerprint density at radius 1 is 1.20 bits per heavy atom. The maximum Gasteiger partial charge on any atom is 0.170 e. The van der Waals surface area contributed by atoms with Crippen LogP contribution in [0.1, 0.15) is 43.1 Å².